The third kappa shape index (κ3) is 5.83. The van der Waals surface area contributed by atoms with Crippen molar-refractivity contribution in [2.75, 3.05) is 6.54 Å². The highest BCUT2D eigenvalue weighted by atomic mass is 19.4. The van der Waals surface area contributed by atoms with E-state index in [2.05, 4.69) is 10.6 Å². The van der Waals surface area contributed by atoms with Crippen molar-refractivity contribution < 1.29 is 32.7 Å². The summed E-state index contributed by atoms with van der Waals surface area (Å²) >= 11 is 0. The molecule has 0 radical (unpaired) electrons. The van der Waals surface area contributed by atoms with Gasteiger partial charge in [0.05, 0.1) is 12.1 Å². The van der Waals surface area contributed by atoms with Crippen molar-refractivity contribution in [1.82, 2.24) is 10.6 Å². The summed E-state index contributed by atoms with van der Waals surface area (Å²) in [5, 5.41) is 13.7. The third-order valence-corrected chi connectivity index (χ3v) is 3.83. The summed E-state index contributed by atoms with van der Waals surface area (Å²) in [6.45, 7) is -0.515. The minimum Gasteiger partial charge on any atom is -0.480 e. The molecule has 0 bridgehead atoms. The maximum absolute atomic E-state index is 13.1. The van der Waals surface area contributed by atoms with Crippen molar-refractivity contribution in [2.24, 2.45) is 0 Å². The number of hydrogen-bond donors (Lipinski definition) is 3. The number of carbonyl (C=O) groups is 3. The first-order chi connectivity index (χ1) is 13.2. The number of aliphatic carboxylic acids is 1. The Kier molecular flexibility index (Phi) is 6.75. The van der Waals surface area contributed by atoms with Gasteiger partial charge in [0, 0.05) is 12.0 Å². The van der Waals surface area contributed by atoms with Gasteiger partial charge in [-0.25, -0.2) is 4.79 Å². The number of nitrogens with one attached hydrogen (secondary N) is 2. The molecule has 0 heterocycles. The number of carboxylic acid groups (broad SMARTS) is 1. The fraction of sp³-hybridized carbons (Fsp3) is 0.211. The summed E-state index contributed by atoms with van der Waals surface area (Å²) in [6.07, 6.45) is -5.20. The molecule has 1 atom stereocenters. The van der Waals surface area contributed by atoms with Crippen molar-refractivity contribution in [3.63, 3.8) is 0 Å². The largest absolute Gasteiger partial charge is 0.480 e. The second kappa shape index (κ2) is 9.03. The van der Waals surface area contributed by atoms with E-state index in [1.165, 1.54) is 24.3 Å². The molecule has 0 spiro atoms. The Balaban J connectivity index is 2.01. The van der Waals surface area contributed by atoms with Crippen molar-refractivity contribution in [1.29, 1.82) is 0 Å². The van der Waals surface area contributed by atoms with E-state index in [9.17, 15) is 32.7 Å². The van der Waals surface area contributed by atoms with Crippen molar-refractivity contribution >= 4 is 17.8 Å². The van der Waals surface area contributed by atoms with Crippen molar-refractivity contribution in [2.45, 2.75) is 18.6 Å². The van der Waals surface area contributed by atoms with E-state index < -0.39 is 48.5 Å². The molecule has 0 saturated heterocycles. The van der Waals surface area contributed by atoms with Gasteiger partial charge in [0.1, 0.15) is 6.04 Å². The fourth-order valence-corrected chi connectivity index (χ4v) is 2.49. The van der Waals surface area contributed by atoms with E-state index in [1.807, 2.05) is 0 Å². The average molecular weight is 394 g/mol. The van der Waals surface area contributed by atoms with E-state index in [1.54, 1.807) is 18.2 Å². The van der Waals surface area contributed by atoms with Crippen LogP contribution in [0, 0.1) is 0 Å². The molecule has 148 valence electrons. The standard InChI is InChI=1S/C19H17F3N2O4/c20-19(21,22)14-9-5-4-8-13(14)10-15(18(27)28)24-16(25)11-23-17(26)12-6-2-1-3-7-12/h1-9,15H,10-11H2,(H,23,26)(H,24,25)(H,27,28)/t15-/m0/s1. The highest BCUT2D eigenvalue weighted by Gasteiger charge is 2.34. The van der Waals surface area contributed by atoms with E-state index in [0.29, 0.717) is 5.56 Å². The Morgan fingerprint density at radius 3 is 2.18 bits per heavy atom. The topological polar surface area (TPSA) is 95.5 Å². The SMILES string of the molecule is O=C(CNC(=O)c1ccccc1)N[C@@H](Cc1ccccc1C(F)(F)F)C(=O)O. The molecule has 0 unspecified atom stereocenters. The normalized spacial score (nSPS) is 12.1. The number of hydrogen-bond acceptors (Lipinski definition) is 3. The summed E-state index contributed by atoms with van der Waals surface area (Å²) in [7, 11) is 0. The van der Waals surface area contributed by atoms with Gasteiger partial charge in [0.25, 0.3) is 5.91 Å². The Morgan fingerprint density at radius 2 is 1.57 bits per heavy atom. The number of amides is 2. The zero-order valence-corrected chi connectivity index (χ0v) is 14.5. The molecule has 2 amide bonds. The van der Waals surface area contributed by atoms with Gasteiger partial charge in [-0.1, -0.05) is 36.4 Å². The number of rotatable bonds is 7. The Morgan fingerprint density at radius 1 is 0.964 bits per heavy atom. The second-order valence-electron chi connectivity index (χ2n) is 5.87. The molecule has 0 aliphatic carbocycles. The van der Waals surface area contributed by atoms with Crippen LogP contribution in [-0.4, -0.2) is 35.5 Å². The summed E-state index contributed by atoms with van der Waals surface area (Å²) < 4.78 is 39.2. The van der Waals surface area contributed by atoms with Crippen LogP contribution < -0.4 is 10.6 Å². The van der Waals surface area contributed by atoms with Crippen LogP contribution in [-0.2, 0) is 22.2 Å². The highest BCUT2D eigenvalue weighted by molar-refractivity contribution is 5.96. The molecule has 6 nitrogen and oxygen atoms in total. The lowest BCUT2D eigenvalue weighted by molar-refractivity contribution is -0.142. The van der Waals surface area contributed by atoms with Crippen LogP contribution in [0.4, 0.5) is 13.2 Å². The monoisotopic (exact) mass is 394 g/mol. The molecule has 2 rings (SSSR count). The predicted molar refractivity (Wildman–Crippen MR) is 93.5 cm³/mol. The molecule has 2 aromatic rings. The van der Waals surface area contributed by atoms with Gasteiger partial charge in [-0.3, -0.25) is 9.59 Å². The quantitative estimate of drug-likeness (QED) is 0.671. The zero-order valence-electron chi connectivity index (χ0n) is 14.5. The fourth-order valence-electron chi connectivity index (χ4n) is 2.49. The third-order valence-electron chi connectivity index (χ3n) is 3.83. The van der Waals surface area contributed by atoms with Gasteiger partial charge in [0.2, 0.25) is 5.91 Å². The zero-order chi connectivity index (χ0) is 20.7. The number of carbonyl (C=O) groups excluding carboxylic acids is 2. The molecule has 0 aromatic heterocycles. The van der Waals surface area contributed by atoms with Gasteiger partial charge in [-0.2, -0.15) is 13.2 Å². The van der Waals surface area contributed by atoms with Gasteiger partial charge in [-0.15, -0.1) is 0 Å². The maximum Gasteiger partial charge on any atom is 0.416 e. The molecule has 3 N–H and O–H groups in total. The molecule has 2 aromatic carbocycles. The van der Waals surface area contributed by atoms with Gasteiger partial charge < -0.3 is 15.7 Å². The molecule has 0 saturated carbocycles. The van der Waals surface area contributed by atoms with Gasteiger partial charge >= 0.3 is 12.1 Å². The minimum atomic E-state index is -4.65. The lowest BCUT2D eigenvalue weighted by atomic mass is 9.99. The van der Waals surface area contributed by atoms with Crippen molar-refractivity contribution in [3.05, 3.63) is 71.3 Å². The van der Waals surface area contributed by atoms with Crippen LogP contribution >= 0.6 is 0 Å². The molecule has 0 fully saturated rings. The summed E-state index contributed by atoms with van der Waals surface area (Å²) in [4.78, 5) is 35.2. The van der Waals surface area contributed by atoms with E-state index >= 15 is 0 Å². The minimum absolute atomic E-state index is 0.254. The maximum atomic E-state index is 13.1. The predicted octanol–water partition coefficient (Wildman–Crippen LogP) is 2.25. The lowest BCUT2D eigenvalue weighted by Crippen LogP contribution is -2.46. The van der Waals surface area contributed by atoms with Crippen LogP contribution in [0.15, 0.2) is 54.6 Å². The second-order valence-corrected chi connectivity index (χ2v) is 5.87. The average Bonchev–Trinajstić information content (AvgIpc) is 2.65. The number of halogens is 3. The lowest BCUT2D eigenvalue weighted by Gasteiger charge is -2.18. The van der Waals surface area contributed by atoms with Crippen LogP contribution in [0.5, 0.6) is 0 Å². The molecular formula is C19H17F3N2O4. The number of carboxylic acids is 1. The highest BCUT2D eigenvalue weighted by Crippen LogP contribution is 2.32. The molecule has 0 aliphatic heterocycles. The Labute approximate surface area is 158 Å². The van der Waals surface area contributed by atoms with E-state index in [4.69, 9.17) is 0 Å². The molecule has 0 aliphatic rings. The molecule has 28 heavy (non-hydrogen) atoms. The number of alkyl halides is 3. The van der Waals surface area contributed by atoms with Gasteiger partial charge in [0.15, 0.2) is 0 Å². The van der Waals surface area contributed by atoms with E-state index in [0.717, 1.165) is 12.1 Å². The summed E-state index contributed by atoms with van der Waals surface area (Å²) in [5.41, 5.74) is -0.909. The summed E-state index contributed by atoms with van der Waals surface area (Å²) in [6, 6.07) is 11.0. The summed E-state index contributed by atoms with van der Waals surface area (Å²) in [5.74, 6) is -2.86. The van der Waals surface area contributed by atoms with E-state index in [-0.39, 0.29) is 5.56 Å². The number of benzene rings is 2. The Bertz CT molecular complexity index is 854. The van der Waals surface area contributed by atoms with Crippen LogP contribution in [0.2, 0.25) is 0 Å². The first-order valence-corrected chi connectivity index (χ1v) is 8.19. The van der Waals surface area contributed by atoms with Crippen molar-refractivity contribution in [3.8, 4) is 0 Å². The van der Waals surface area contributed by atoms with Gasteiger partial charge in [-0.05, 0) is 23.8 Å². The smallest absolute Gasteiger partial charge is 0.416 e. The first kappa shape index (κ1) is 20.9. The molecular weight excluding hydrogens is 377 g/mol. The van der Waals surface area contributed by atoms with Crippen LogP contribution in [0.1, 0.15) is 21.5 Å². The van der Waals surface area contributed by atoms with Crippen LogP contribution in [0.3, 0.4) is 0 Å². The first-order valence-electron chi connectivity index (χ1n) is 8.19. The molecule has 9 heteroatoms. The van der Waals surface area contributed by atoms with Crippen LogP contribution in [0.25, 0.3) is 0 Å². The Hall–Kier alpha value is -3.36.